The number of carboxylic acid groups (broad SMARTS) is 1. The normalized spacial score (nSPS) is 13.1. The second-order valence-corrected chi connectivity index (χ2v) is 14.9. The molecule has 294 valence electrons. The van der Waals surface area contributed by atoms with E-state index in [4.69, 9.17) is 18.9 Å². The van der Waals surface area contributed by atoms with E-state index in [1.54, 1.807) is 0 Å². The third-order valence-electron chi connectivity index (χ3n) is 8.76. The average molecular weight is 712 g/mol. The zero-order valence-electron chi connectivity index (χ0n) is 33.0. The lowest BCUT2D eigenvalue weighted by Crippen LogP contribution is -2.44. The Labute approximate surface area is 306 Å². The van der Waals surface area contributed by atoms with Gasteiger partial charge in [0, 0.05) is 12.8 Å². The summed E-state index contributed by atoms with van der Waals surface area (Å²) in [4.78, 5) is 36.8. The van der Waals surface area contributed by atoms with Crippen molar-refractivity contribution in [3.8, 4) is 0 Å². The van der Waals surface area contributed by atoms with Gasteiger partial charge in [0.1, 0.15) is 13.2 Å². The van der Waals surface area contributed by atoms with Crippen LogP contribution < -0.4 is 5.11 Å². The van der Waals surface area contributed by atoms with Crippen LogP contribution in [0.3, 0.4) is 0 Å². The first-order valence-electron chi connectivity index (χ1n) is 20.3. The number of carboxylic acids is 1. The Hall–Kier alpha value is -1.97. The van der Waals surface area contributed by atoms with Crippen LogP contribution in [0, 0.1) is 0 Å². The van der Waals surface area contributed by atoms with Gasteiger partial charge in [-0.3, -0.25) is 9.59 Å². The van der Waals surface area contributed by atoms with E-state index in [0.29, 0.717) is 23.9 Å². The van der Waals surface area contributed by atoms with E-state index in [9.17, 15) is 19.5 Å². The van der Waals surface area contributed by atoms with Gasteiger partial charge in [0.25, 0.3) is 0 Å². The molecule has 9 heteroatoms. The van der Waals surface area contributed by atoms with Crippen LogP contribution in [0.5, 0.6) is 0 Å². The largest absolute Gasteiger partial charge is 0.545 e. The Kier molecular flexibility index (Phi) is 32.8. The number of ether oxygens (including phenoxy) is 4. The molecule has 2 atom stereocenters. The molecule has 0 N–H and O–H groups in total. The molecule has 0 aromatic rings. The molecule has 9 nitrogen and oxygen atoms in total. The molecule has 0 saturated heterocycles. The van der Waals surface area contributed by atoms with E-state index in [1.165, 1.54) is 83.5 Å². The van der Waals surface area contributed by atoms with Crippen LogP contribution in [0.25, 0.3) is 0 Å². The van der Waals surface area contributed by atoms with E-state index in [2.05, 4.69) is 26.0 Å². The van der Waals surface area contributed by atoms with Gasteiger partial charge in [0.05, 0.1) is 40.3 Å². The molecule has 0 rings (SSSR count). The molecule has 50 heavy (non-hydrogen) atoms. The molecule has 0 aliphatic rings. The Morgan fingerprint density at radius 3 is 1.54 bits per heavy atom. The van der Waals surface area contributed by atoms with E-state index in [-0.39, 0.29) is 32.2 Å². The van der Waals surface area contributed by atoms with Crippen LogP contribution in [-0.4, -0.2) is 82.3 Å². The summed E-state index contributed by atoms with van der Waals surface area (Å²) in [6.45, 7) is 4.68. The summed E-state index contributed by atoms with van der Waals surface area (Å²) in [5.74, 6) is -2.29. The topological polar surface area (TPSA) is 111 Å². The van der Waals surface area contributed by atoms with Crippen LogP contribution in [0.2, 0.25) is 0 Å². The Balaban J connectivity index is 4.48. The van der Waals surface area contributed by atoms with E-state index in [0.717, 1.165) is 57.8 Å². The van der Waals surface area contributed by atoms with Gasteiger partial charge in [0.15, 0.2) is 12.4 Å². The fourth-order valence-electron chi connectivity index (χ4n) is 5.51. The van der Waals surface area contributed by atoms with Crippen molar-refractivity contribution < 1.29 is 42.9 Å². The fraction of sp³-hybridized carbons (Fsp3) is 0.878. The molecule has 0 heterocycles. The minimum absolute atomic E-state index is 0.149. The number of quaternary nitrogens is 1. The smallest absolute Gasteiger partial charge is 0.306 e. The summed E-state index contributed by atoms with van der Waals surface area (Å²) >= 11 is 0. The number of unbranched alkanes of at least 4 members (excludes halogenated alkanes) is 20. The highest BCUT2D eigenvalue weighted by Crippen LogP contribution is 2.14. The Morgan fingerprint density at radius 2 is 1.04 bits per heavy atom. The molecule has 0 aliphatic carbocycles. The first kappa shape index (κ1) is 48.0. The van der Waals surface area contributed by atoms with E-state index < -0.39 is 24.3 Å². The van der Waals surface area contributed by atoms with E-state index >= 15 is 0 Å². The molecule has 0 bridgehead atoms. The SMILES string of the molecule is CCCC/C=C\CCCCCCCC(=O)OC(COC(=O)CCCCCCCCCCCCCCCC)COC(OCC[N+](C)(C)C)C(=O)[O-]. The van der Waals surface area contributed by atoms with Gasteiger partial charge in [-0.05, 0) is 32.1 Å². The summed E-state index contributed by atoms with van der Waals surface area (Å²) in [7, 11) is 5.90. The Morgan fingerprint density at radius 1 is 0.580 bits per heavy atom. The molecule has 0 amide bonds. The maximum atomic E-state index is 12.6. The third kappa shape index (κ3) is 34.5. The van der Waals surface area contributed by atoms with Crippen molar-refractivity contribution in [2.24, 2.45) is 0 Å². The standard InChI is InChI=1S/C41H77NO8/c1-6-8-10-12-14-16-18-19-20-22-23-25-27-29-31-38(43)48-35-37(36-49-41(40(45)46)47-34-33-42(3,4)5)50-39(44)32-30-28-26-24-21-17-15-13-11-9-7-2/h13,15,37,41H,6-12,14,16-36H2,1-5H3/b15-13-. The van der Waals surface area contributed by atoms with Gasteiger partial charge < -0.3 is 33.3 Å². The highest BCUT2D eigenvalue weighted by molar-refractivity contribution is 5.70. The average Bonchev–Trinajstić information content (AvgIpc) is 3.06. The third-order valence-corrected chi connectivity index (χ3v) is 8.76. The van der Waals surface area contributed by atoms with Gasteiger partial charge in [0.2, 0.25) is 0 Å². The molecule has 0 aromatic heterocycles. The number of hydrogen-bond donors (Lipinski definition) is 0. The Bertz CT molecular complexity index is 841. The highest BCUT2D eigenvalue weighted by atomic mass is 16.7. The van der Waals surface area contributed by atoms with Crippen molar-refractivity contribution in [2.45, 2.75) is 187 Å². The van der Waals surface area contributed by atoms with Crippen molar-refractivity contribution in [1.29, 1.82) is 0 Å². The number of likely N-dealkylation sites (N-methyl/N-ethyl adjacent to an activating group) is 1. The summed E-state index contributed by atoms with van der Waals surface area (Å²) < 4.78 is 22.4. The highest BCUT2D eigenvalue weighted by Gasteiger charge is 2.21. The zero-order valence-corrected chi connectivity index (χ0v) is 33.0. The molecule has 0 spiro atoms. The number of hydrogen-bond acceptors (Lipinski definition) is 8. The molecular formula is C41H77NO8. The molecule has 0 saturated carbocycles. The van der Waals surface area contributed by atoms with Crippen molar-refractivity contribution in [3.05, 3.63) is 12.2 Å². The van der Waals surface area contributed by atoms with Crippen molar-refractivity contribution >= 4 is 17.9 Å². The molecule has 0 radical (unpaired) electrons. The molecule has 2 unspecified atom stereocenters. The number of nitrogens with zero attached hydrogens (tertiary/aromatic N) is 1. The lowest BCUT2D eigenvalue weighted by atomic mass is 10.0. The predicted octanol–water partition coefficient (Wildman–Crippen LogP) is 8.61. The van der Waals surface area contributed by atoms with Crippen LogP contribution in [0.15, 0.2) is 12.2 Å². The maximum Gasteiger partial charge on any atom is 0.306 e. The van der Waals surface area contributed by atoms with Gasteiger partial charge in [-0.25, -0.2) is 0 Å². The summed E-state index contributed by atoms with van der Waals surface area (Å²) in [6, 6.07) is 0. The number of aliphatic carboxylic acids is 1. The van der Waals surface area contributed by atoms with Gasteiger partial charge in [-0.15, -0.1) is 0 Å². The van der Waals surface area contributed by atoms with Gasteiger partial charge in [-0.1, -0.05) is 142 Å². The summed E-state index contributed by atoms with van der Waals surface area (Å²) in [5, 5.41) is 11.6. The van der Waals surface area contributed by atoms with Crippen LogP contribution >= 0.6 is 0 Å². The minimum atomic E-state index is -1.62. The second kappa shape index (κ2) is 34.1. The number of allylic oxidation sites excluding steroid dienone is 2. The van der Waals surface area contributed by atoms with Crippen LogP contribution in [0.1, 0.15) is 174 Å². The first-order chi connectivity index (χ1) is 24.1. The number of carbonyl (C=O) groups excluding carboxylic acids is 3. The lowest BCUT2D eigenvalue weighted by Gasteiger charge is -2.26. The lowest BCUT2D eigenvalue weighted by molar-refractivity contribution is -0.870. The quantitative estimate of drug-likeness (QED) is 0.0207. The first-order valence-corrected chi connectivity index (χ1v) is 20.3. The molecule has 0 fully saturated rings. The molecule has 0 aromatic carbocycles. The number of carbonyl (C=O) groups is 3. The molecular weight excluding hydrogens is 634 g/mol. The fourth-order valence-corrected chi connectivity index (χ4v) is 5.51. The summed E-state index contributed by atoms with van der Waals surface area (Å²) in [5.41, 5.74) is 0. The van der Waals surface area contributed by atoms with Crippen LogP contribution in [-0.2, 0) is 33.3 Å². The molecule has 0 aliphatic heterocycles. The van der Waals surface area contributed by atoms with Crippen molar-refractivity contribution in [2.75, 3.05) is 47.5 Å². The summed E-state index contributed by atoms with van der Waals surface area (Å²) in [6.07, 6.45) is 29.5. The van der Waals surface area contributed by atoms with Gasteiger partial charge in [-0.2, -0.15) is 0 Å². The number of esters is 2. The van der Waals surface area contributed by atoms with Gasteiger partial charge >= 0.3 is 11.9 Å². The monoisotopic (exact) mass is 712 g/mol. The van der Waals surface area contributed by atoms with Crippen LogP contribution in [0.4, 0.5) is 0 Å². The minimum Gasteiger partial charge on any atom is -0.545 e. The predicted molar refractivity (Wildman–Crippen MR) is 200 cm³/mol. The second-order valence-electron chi connectivity index (χ2n) is 14.9. The van der Waals surface area contributed by atoms with Crippen molar-refractivity contribution in [1.82, 2.24) is 0 Å². The zero-order chi connectivity index (χ0) is 37.1. The number of rotatable bonds is 37. The maximum absolute atomic E-state index is 12.6. The van der Waals surface area contributed by atoms with E-state index in [1.807, 2.05) is 21.1 Å². The van der Waals surface area contributed by atoms with Crippen molar-refractivity contribution in [3.63, 3.8) is 0 Å².